The molecule has 1 radical (unpaired) electrons. The van der Waals surface area contributed by atoms with E-state index in [1.54, 1.807) is 12.1 Å². The summed E-state index contributed by atoms with van der Waals surface area (Å²) in [7, 11) is 0. The van der Waals surface area contributed by atoms with Gasteiger partial charge in [0.2, 0.25) is 47.6 Å². The summed E-state index contributed by atoms with van der Waals surface area (Å²) < 4.78 is 5.62. The fraction of sp³-hybridized carbons (Fsp3) is 0.590. The number of aliphatic hydroxyl groups excluding tert-OH is 4. The van der Waals surface area contributed by atoms with E-state index in [2.05, 4.69) is 26.6 Å². The highest BCUT2D eigenvalue weighted by Gasteiger charge is 2.29. The lowest BCUT2D eigenvalue weighted by atomic mass is 10.1. The van der Waals surface area contributed by atoms with Crippen molar-refractivity contribution >= 4 is 59.6 Å². The van der Waals surface area contributed by atoms with Crippen molar-refractivity contribution in [3.8, 4) is 5.75 Å². The Morgan fingerprint density at radius 1 is 0.524 bits per heavy atom. The van der Waals surface area contributed by atoms with Crippen molar-refractivity contribution in [2.75, 3.05) is 46.1 Å². The van der Waals surface area contributed by atoms with E-state index >= 15 is 0 Å². The van der Waals surface area contributed by atoms with E-state index in [0.717, 1.165) is 44.9 Å². The molecule has 63 heavy (non-hydrogen) atoms. The standard InChI is InChI=1S/C39H58N7O17/c47-17-16-40-34(55)27(20-48)45-37(58)30(23-51)44-33(54)19-41-35(56)28(21-49)46-36(57)29(22-50)43-32(53)15-14-26(39(61)62)42-31(52)9-7-5-3-1-2-4-6-8-18-63-25-12-10-24(11-13-25)38(59)60/h10-13,26-30,48-51H,1-9,14-16,18-23H2,(H,40,55)(H,41,56)(H,42,52)(H,43,53)(H,44,54)(H,45,58)(H,46,57)(H,59,60)(H,61,62)/t26-,27-,28-,29-,30-/m0/s1. The maximum Gasteiger partial charge on any atom is 0.335 e. The lowest BCUT2D eigenvalue weighted by molar-refractivity contribution is -0.142. The number of carbonyl (C=O) groups excluding carboxylic acids is 8. The summed E-state index contributed by atoms with van der Waals surface area (Å²) in [6.07, 6.45) is 7.45. The third kappa shape index (κ3) is 23.0. The Labute approximate surface area is 362 Å². The second-order valence-corrected chi connectivity index (χ2v) is 13.9. The van der Waals surface area contributed by atoms with Crippen LogP contribution in [-0.2, 0) is 43.2 Å². The lowest BCUT2D eigenvalue weighted by Crippen LogP contribution is -2.58. The molecule has 351 valence electrons. The van der Waals surface area contributed by atoms with Crippen LogP contribution in [0.1, 0.15) is 81.0 Å². The molecule has 0 heterocycles. The summed E-state index contributed by atoms with van der Waals surface area (Å²) in [5.74, 6) is -8.62. The van der Waals surface area contributed by atoms with Gasteiger partial charge in [-0.15, -0.1) is 0 Å². The molecule has 0 bridgehead atoms. The number of carboxylic acid groups (broad SMARTS) is 2. The fourth-order valence-electron chi connectivity index (χ4n) is 5.50. The summed E-state index contributed by atoms with van der Waals surface area (Å²) in [5.41, 5.74) is 0.187. The van der Waals surface area contributed by atoms with Crippen LogP contribution in [0.3, 0.4) is 0 Å². The van der Waals surface area contributed by atoms with Crippen LogP contribution in [0.2, 0.25) is 0 Å². The lowest BCUT2D eigenvalue weighted by Gasteiger charge is -2.22. The van der Waals surface area contributed by atoms with E-state index in [1.165, 1.54) is 18.4 Å². The molecule has 0 saturated carbocycles. The highest BCUT2D eigenvalue weighted by Crippen LogP contribution is 2.14. The molecule has 0 aliphatic carbocycles. The minimum absolute atomic E-state index is 0.0649. The molecule has 0 aliphatic rings. The van der Waals surface area contributed by atoms with E-state index in [9.17, 15) is 73.5 Å². The molecule has 13 N–H and O–H groups in total. The number of hydrogen-bond donors (Lipinski definition) is 13. The predicted molar refractivity (Wildman–Crippen MR) is 217 cm³/mol. The van der Waals surface area contributed by atoms with Crippen LogP contribution in [0, 0.1) is 0 Å². The molecule has 0 unspecified atom stereocenters. The summed E-state index contributed by atoms with van der Waals surface area (Å²) >= 11 is 0. The van der Waals surface area contributed by atoms with Gasteiger partial charge in [0.05, 0.1) is 51.7 Å². The van der Waals surface area contributed by atoms with Gasteiger partial charge in [0, 0.05) is 12.8 Å². The first-order valence-corrected chi connectivity index (χ1v) is 20.1. The highest BCUT2D eigenvalue weighted by atomic mass is 16.5. The van der Waals surface area contributed by atoms with Crippen molar-refractivity contribution < 1.29 is 83.3 Å². The number of ether oxygens (including phenoxy) is 1. The van der Waals surface area contributed by atoms with Gasteiger partial charge < -0.3 is 72.6 Å². The van der Waals surface area contributed by atoms with E-state index in [4.69, 9.17) is 9.84 Å². The first-order valence-electron chi connectivity index (χ1n) is 20.1. The average molecular weight is 897 g/mol. The second-order valence-electron chi connectivity index (χ2n) is 13.9. The zero-order chi connectivity index (χ0) is 47.2. The third-order valence-corrected chi connectivity index (χ3v) is 9.02. The number of rotatable bonds is 34. The van der Waals surface area contributed by atoms with E-state index < -0.39 is 129 Å². The van der Waals surface area contributed by atoms with Gasteiger partial charge in [-0.2, -0.15) is 0 Å². The van der Waals surface area contributed by atoms with E-state index in [1.807, 2.05) is 10.6 Å². The Morgan fingerprint density at radius 2 is 0.968 bits per heavy atom. The van der Waals surface area contributed by atoms with Crippen LogP contribution in [-0.4, -0.2) is 167 Å². The van der Waals surface area contributed by atoms with Crippen LogP contribution in [0.25, 0.3) is 0 Å². The number of aliphatic hydroxyl groups is 4. The Morgan fingerprint density at radius 3 is 1.46 bits per heavy atom. The molecule has 1 aromatic carbocycles. The van der Waals surface area contributed by atoms with Crippen LogP contribution in [0.4, 0.5) is 0 Å². The smallest absolute Gasteiger partial charge is 0.335 e. The van der Waals surface area contributed by atoms with Gasteiger partial charge in [-0.25, -0.2) is 9.59 Å². The van der Waals surface area contributed by atoms with Gasteiger partial charge in [-0.3, -0.25) is 38.4 Å². The average Bonchev–Trinajstić information content (AvgIpc) is 3.26. The Hall–Kier alpha value is -6.24. The number of aliphatic carboxylic acids is 1. The number of carboxylic acids is 2. The first-order chi connectivity index (χ1) is 30.1. The van der Waals surface area contributed by atoms with E-state index in [0.29, 0.717) is 18.8 Å². The summed E-state index contributed by atoms with van der Waals surface area (Å²) in [4.78, 5) is 120. The molecule has 24 heteroatoms. The largest absolute Gasteiger partial charge is 0.494 e. The van der Waals surface area contributed by atoms with Crippen molar-refractivity contribution in [1.29, 1.82) is 0 Å². The van der Waals surface area contributed by atoms with Crippen LogP contribution < -0.4 is 42.0 Å². The summed E-state index contributed by atoms with van der Waals surface area (Å²) in [6.45, 7) is -4.76. The first kappa shape index (κ1) is 54.8. The van der Waals surface area contributed by atoms with Crippen molar-refractivity contribution in [3.05, 3.63) is 29.8 Å². The number of amides is 7. The Balaban J connectivity index is 2.40. The molecule has 0 aliphatic heterocycles. The minimum atomic E-state index is -1.72. The van der Waals surface area contributed by atoms with Gasteiger partial charge in [0.25, 0.3) is 0 Å². The highest BCUT2D eigenvalue weighted by molar-refractivity contribution is 5.95. The van der Waals surface area contributed by atoms with Gasteiger partial charge in [-0.05, 0) is 43.5 Å². The van der Waals surface area contributed by atoms with Crippen LogP contribution >= 0.6 is 0 Å². The fourth-order valence-corrected chi connectivity index (χ4v) is 5.50. The molecule has 0 aromatic heterocycles. The van der Waals surface area contributed by atoms with Crippen molar-refractivity contribution in [3.63, 3.8) is 0 Å². The molecule has 0 saturated heterocycles. The normalized spacial score (nSPS) is 13.1. The number of carbonyl (C=O) groups is 9. The maximum absolute atomic E-state index is 12.7. The maximum atomic E-state index is 12.7. The molecule has 1 aromatic rings. The number of nitrogens with one attached hydrogen (secondary N) is 7. The monoisotopic (exact) mass is 896 g/mol. The topological polar surface area (TPSA) is 386 Å². The molecule has 24 nitrogen and oxygen atoms in total. The Bertz CT molecular complexity index is 1660. The van der Waals surface area contributed by atoms with Gasteiger partial charge in [0.15, 0.2) is 0 Å². The van der Waals surface area contributed by atoms with Gasteiger partial charge in [-0.1, -0.05) is 38.5 Å². The number of aromatic carboxylic acids is 1. The molecule has 7 amide bonds. The number of unbranched alkanes of at least 4 members (excludes halogenated alkanes) is 7. The zero-order valence-corrected chi connectivity index (χ0v) is 34.6. The van der Waals surface area contributed by atoms with Crippen LogP contribution in [0.5, 0.6) is 5.75 Å². The van der Waals surface area contributed by atoms with Crippen molar-refractivity contribution in [2.24, 2.45) is 0 Å². The quantitative estimate of drug-likeness (QED) is 0.0292. The summed E-state index contributed by atoms with van der Waals surface area (Å²) in [6, 6.07) is -1.85. The second kappa shape index (κ2) is 31.6. The van der Waals surface area contributed by atoms with Crippen molar-refractivity contribution in [1.82, 2.24) is 37.2 Å². The molecule has 0 fully saturated rings. The molecule has 1 rings (SSSR count). The van der Waals surface area contributed by atoms with Gasteiger partial charge >= 0.3 is 11.9 Å². The third-order valence-electron chi connectivity index (χ3n) is 9.02. The zero-order valence-electron chi connectivity index (χ0n) is 34.6. The molecule has 0 spiro atoms. The van der Waals surface area contributed by atoms with Crippen LogP contribution in [0.15, 0.2) is 24.3 Å². The van der Waals surface area contributed by atoms with E-state index in [-0.39, 0.29) is 18.4 Å². The predicted octanol–water partition coefficient (Wildman–Crippen LogP) is -4.13. The number of benzene rings is 1. The van der Waals surface area contributed by atoms with Gasteiger partial charge in [0.1, 0.15) is 36.0 Å². The molecular formula is C39H58N7O17. The van der Waals surface area contributed by atoms with Crippen molar-refractivity contribution in [2.45, 2.75) is 101 Å². The summed E-state index contributed by atoms with van der Waals surface area (Å²) in [5, 5.41) is 71.5. The Kier molecular flexibility index (Phi) is 27.5. The molecular weight excluding hydrogens is 838 g/mol. The minimum Gasteiger partial charge on any atom is -0.494 e. The SMILES string of the molecule is O=[C]CNC(=O)[C@H](CO)NC(=O)[C@H](CO)NC(=O)CNC(=O)[C@H](CO)NC(=O)[C@H](CO)NC(=O)CC[C@H](NC(=O)CCCCCCCCCCOc1ccc(C(=O)O)cc1)C(=O)O. The molecule has 5 atom stereocenters. The number of hydrogen-bond acceptors (Lipinski definition) is 15.